The van der Waals surface area contributed by atoms with Crippen LogP contribution in [0.2, 0.25) is 0 Å². The van der Waals surface area contributed by atoms with Crippen molar-refractivity contribution in [2.45, 2.75) is 51.8 Å². The molecule has 0 bridgehead atoms. The van der Waals surface area contributed by atoms with Crippen molar-refractivity contribution in [3.63, 3.8) is 0 Å². The van der Waals surface area contributed by atoms with Gasteiger partial charge in [0.1, 0.15) is 0 Å². The largest absolute Gasteiger partial charge is 0.374 e. The SMILES string of the molecule is CC(N)C1CCN(CC2CN(C(C)C)CCO2)CC1. The molecule has 0 radical (unpaired) electrons. The van der Waals surface area contributed by atoms with Crippen molar-refractivity contribution in [1.82, 2.24) is 9.80 Å². The molecule has 2 fully saturated rings. The summed E-state index contributed by atoms with van der Waals surface area (Å²) in [7, 11) is 0. The fourth-order valence-electron chi connectivity index (χ4n) is 3.27. The molecule has 19 heavy (non-hydrogen) atoms. The van der Waals surface area contributed by atoms with Crippen LogP contribution in [-0.4, -0.2) is 67.3 Å². The maximum Gasteiger partial charge on any atom is 0.0829 e. The van der Waals surface area contributed by atoms with Gasteiger partial charge in [-0.3, -0.25) is 4.90 Å². The summed E-state index contributed by atoms with van der Waals surface area (Å²) in [6, 6.07) is 0.986. The summed E-state index contributed by atoms with van der Waals surface area (Å²) in [5, 5.41) is 0. The second-order valence-electron chi connectivity index (χ2n) is 6.58. The Balaban J connectivity index is 1.73. The van der Waals surface area contributed by atoms with Gasteiger partial charge >= 0.3 is 0 Å². The Hall–Kier alpha value is -0.160. The Labute approximate surface area is 118 Å². The lowest BCUT2D eigenvalue weighted by Gasteiger charge is -2.40. The first-order valence-electron chi connectivity index (χ1n) is 7.90. The third-order valence-corrected chi connectivity index (χ3v) is 4.74. The highest BCUT2D eigenvalue weighted by atomic mass is 16.5. The minimum atomic E-state index is 0.351. The van der Waals surface area contributed by atoms with Crippen molar-refractivity contribution in [2.75, 3.05) is 39.3 Å². The number of nitrogens with zero attached hydrogens (tertiary/aromatic N) is 2. The van der Waals surface area contributed by atoms with Crippen LogP contribution in [0.25, 0.3) is 0 Å². The number of ether oxygens (including phenoxy) is 1. The number of hydrogen-bond donors (Lipinski definition) is 1. The molecule has 2 saturated heterocycles. The van der Waals surface area contributed by atoms with E-state index >= 15 is 0 Å². The molecule has 4 heteroatoms. The molecule has 0 aromatic heterocycles. The normalized spacial score (nSPS) is 29.8. The van der Waals surface area contributed by atoms with E-state index in [4.69, 9.17) is 10.5 Å². The molecule has 0 saturated carbocycles. The summed E-state index contributed by atoms with van der Waals surface area (Å²) in [6.07, 6.45) is 2.89. The Morgan fingerprint density at radius 1 is 1.16 bits per heavy atom. The van der Waals surface area contributed by atoms with Crippen molar-refractivity contribution in [3.8, 4) is 0 Å². The topological polar surface area (TPSA) is 41.7 Å². The van der Waals surface area contributed by atoms with Gasteiger partial charge in [-0.1, -0.05) is 0 Å². The molecular formula is C15H31N3O. The number of rotatable bonds is 4. The van der Waals surface area contributed by atoms with Gasteiger partial charge in [-0.15, -0.1) is 0 Å². The van der Waals surface area contributed by atoms with Gasteiger partial charge in [0.25, 0.3) is 0 Å². The van der Waals surface area contributed by atoms with Crippen LogP contribution in [0.1, 0.15) is 33.6 Å². The van der Waals surface area contributed by atoms with Crippen molar-refractivity contribution in [1.29, 1.82) is 0 Å². The quantitative estimate of drug-likeness (QED) is 0.831. The zero-order chi connectivity index (χ0) is 13.8. The molecule has 2 heterocycles. The van der Waals surface area contributed by atoms with Gasteiger partial charge in [0.2, 0.25) is 0 Å². The van der Waals surface area contributed by atoms with E-state index in [9.17, 15) is 0 Å². The molecule has 112 valence electrons. The Bertz CT molecular complexity index is 262. The van der Waals surface area contributed by atoms with Gasteiger partial charge < -0.3 is 15.4 Å². The molecular weight excluding hydrogens is 238 g/mol. The first-order valence-corrected chi connectivity index (χ1v) is 7.90. The van der Waals surface area contributed by atoms with Crippen LogP contribution < -0.4 is 5.73 Å². The standard InChI is InChI=1S/C15H31N3O/c1-12(2)18-8-9-19-15(11-18)10-17-6-4-14(5-7-17)13(3)16/h12-15H,4-11,16H2,1-3H3. The van der Waals surface area contributed by atoms with E-state index in [0.29, 0.717) is 18.2 Å². The summed E-state index contributed by atoms with van der Waals surface area (Å²) in [4.78, 5) is 5.09. The average molecular weight is 269 g/mol. The van der Waals surface area contributed by atoms with Crippen LogP contribution in [-0.2, 0) is 4.74 Å². The number of nitrogens with two attached hydrogens (primary N) is 1. The number of morpholine rings is 1. The van der Waals surface area contributed by atoms with Gasteiger partial charge in [0.05, 0.1) is 12.7 Å². The van der Waals surface area contributed by atoms with E-state index in [1.165, 1.54) is 25.9 Å². The minimum Gasteiger partial charge on any atom is -0.374 e. The monoisotopic (exact) mass is 269 g/mol. The minimum absolute atomic E-state index is 0.351. The van der Waals surface area contributed by atoms with E-state index in [-0.39, 0.29) is 0 Å². The molecule has 0 spiro atoms. The Morgan fingerprint density at radius 3 is 2.42 bits per heavy atom. The van der Waals surface area contributed by atoms with Gasteiger partial charge in [-0.25, -0.2) is 0 Å². The first kappa shape index (κ1) is 15.2. The molecule has 2 aliphatic heterocycles. The van der Waals surface area contributed by atoms with E-state index in [2.05, 4.69) is 30.6 Å². The van der Waals surface area contributed by atoms with Crippen LogP contribution in [0.15, 0.2) is 0 Å². The van der Waals surface area contributed by atoms with E-state index < -0.39 is 0 Å². The summed E-state index contributed by atoms with van der Waals surface area (Å²) < 4.78 is 5.93. The van der Waals surface area contributed by atoms with Gasteiger partial charge in [0, 0.05) is 31.7 Å². The summed E-state index contributed by atoms with van der Waals surface area (Å²) in [6.45, 7) is 13.2. The predicted octanol–water partition coefficient (Wildman–Crippen LogP) is 1.15. The number of likely N-dealkylation sites (tertiary alicyclic amines) is 1. The number of hydrogen-bond acceptors (Lipinski definition) is 4. The molecule has 4 nitrogen and oxygen atoms in total. The lowest BCUT2D eigenvalue weighted by atomic mass is 9.91. The summed E-state index contributed by atoms with van der Waals surface area (Å²) in [5.74, 6) is 0.718. The van der Waals surface area contributed by atoms with Gasteiger partial charge in [-0.2, -0.15) is 0 Å². The molecule has 2 N–H and O–H groups in total. The van der Waals surface area contributed by atoms with Crippen molar-refractivity contribution in [2.24, 2.45) is 11.7 Å². The van der Waals surface area contributed by atoms with Crippen LogP contribution in [0, 0.1) is 5.92 Å². The second-order valence-corrected chi connectivity index (χ2v) is 6.58. The number of piperidine rings is 1. The Morgan fingerprint density at radius 2 is 1.84 bits per heavy atom. The second kappa shape index (κ2) is 7.02. The van der Waals surface area contributed by atoms with Crippen LogP contribution >= 0.6 is 0 Å². The van der Waals surface area contributed by atoms with Crippen molar-refractivity contribution in [3.05, 3.63) is 0 Å². The van der Waals surface area contributed by atoms with E-state index in [1.807, 2.05) is 0 Å². The highest BCUT2D eigenvalue weighted by molar-refractivity contribution is 4.81. The third-order valence-electron chi connectivity index (χ3n) is 4.74. The molecule has 2 atom stereocenters. The molecule has 0 amide bonds. The van der Waals surface area contributed by atoms with E-state index in [0.717, 1.165) is 32.2 Å². The molecule has 2 unspecified atom stereocenters. The summed E-state index contributed by atoms with van der Waals surface area (Å²) >= 11 is 0. The zero-order valence-corrected chi connectivity index (χ0v) is 12.8. The summed E-state index contributed by atoms with van der Waals surface area (Å²) in [5.41, 5.74) is 6.00. The van der Waals surface area contributed by atoms with Crippen molar-refractivity contribution >= 4 is 0 Å². The smallest absolute Gasteiger partial charge is 0.0829 e. The third kappa shape index (κ3) is 4.42. The molecule has 2 rings (SSSR count). The predicted molar refractivity (Wildman–Crippen MR) is 79.3 cm³/mol. The molecule has 0 aromatic rings. The Kier molecular flexibility index (Phi) is 5.63. The maximum absolute atomic E-state index is 6.00. The molecule has 2 aliphatic rings. The van der Waals surface area contributed by atoms with Crippen LogP contribution in [0.3, 0.4) is 0 Å². The fourth-order valence-corrected chi connectivity index (χ4v) is 3.27. The van der Waals surface area contributed by atoms with Crippen molar-refractivity contribution < 1.29 is 4.74 Å². The highest BCUT2D eigenvalue weighted by Gasteiger charge is 2.27. The lowest BCUT2D eigenvalue weighted by Crippen LogP contribution is -2.51. The average Bonchev–Trinajstić information content (AvgIpc) is 2.39. The van der Waals surface area contributed by atoms with E-state index in [1.54, 1.807) is 0 Å². The zero-order valence-electron chi connectivity index (χ0n) is 12.8. The maximum atomic E-state index is 6.00. The molecule has 0 aromatic carbocycles. The van der Waals surface area contributed by atoms with Gasteiger partial charge in [0.15, 0.2) is 0 Å². The lowest BCUT2D eigenvalue weighted by molar-refractivity contribution is -0.0553. The van der Waals surface area contributed by atoms with Crippen LogP contribution in [0.5, 0.6) is 0 Å². The van der Waals surface area contributed by atoms with Crippen LogP contribution in [0.4, 0.5) is 0 Å². The van der Waals surface area contributed by atoms with Gasteiger partial charge in [-0.05, 0) is 52.6 Å². The fraction of sp³-hybridized carbons (Fsp3) is 1.00. The molecule has 0 aliphatic carbocycles. The first-order chi connectivity index (χ1) is 9.06. The highest BCUT2D eigenvalue weighted by Crippen LogP contribution is 2.20.